The molecule has 0 heteroatoms. The van der Waals surface area contributed by atoms with E-state index in [0.717, 1.165) is 6.42 Å². The third-order valence-corrected chi connectivity index (χ3v) is 3.22. The highest BCUT2D eigenvalue weighted by Crippen LogP contribution is 2.26. The van der Waals surface area contributed by atoms with Gasteiger partial charge in [0.15, 0.2) is 0 Å². The van der Waals surface area contributed by atoms with Gasteiger partial charge in [-0.3, -0.25) is 0 Å². The van der Waals surface area contributed by atoms with Crippen LogP contribution in [0.5, 0.6) is 0 Å². The van der Waals surface area contributed by atoms with Crippen molar-refractivity contribution in [2.75, 3.05) is 0 Å². The Morgan fingerprint density at radius 2 is 1.57 bits per heavy atom. The van der Waals surface area contributed by atoms with Crippen molar-refractivity contribution < 1.29 is 0 Å². The van der Waals surface area contributed by atoms with Crippen LogP contribution in [-0.2, 0) is 0 Å². The summed E-state index contributed by atoms with van der Waals surface area (Å²) in [5.74, 6) is 0. The Bertz CT molecular complexity index is 346. The predicted octanol–water partition coefficient (Wildman–Crippen LogP) is 4.57. The van der Waals surface area contributed by atoms with E-state index < -0.39 is 0 Å². The first kappa shape index (κ1) is 11.0. The first-order valence-electron chi connectivity index (χ1n) is 5.30. The average molecular weight is 188 g/mol. The van der Waals surface area contributed by atoms with Crippen LogP contribution in [0.25, 0.3) is 0 Å². The van der Waals surface area contributed by atoms with Gasteiger partial charge in [0.25, 0.3) is 0 Å². The zero-order valence-electron chi connectivity index (χ0n) is 9.94. The first-order chi connectivity index (χ1) is 6.57. The van der Waals surface area contributed by atoms with E-state index in [1.54, 1.807) is 0 Å². The fourth-order valence-corrected chi connectivity index (χ4v) is 1.76. The Hall–Kier alpha value is -1.04. The molecule has 0 fully saturated rings. The number of hydrogen-bond acceptors (Lipinski definition) is 0. The van der Waals surface area contributed by atoms with E-state index in [2.05, 4.69) is 52.8 Å². The van der Waals surface area contributed by atoms with Crippen LogP contribution >= 0.6 is 0 Å². The third-order valence-electron chi connectivity index (χ3n) is 3.22. The molecule has 0 aromatic rings. The van der Waals surface area contributed by atoms with Gasteiger partial charge in [0.1, 0.15) is 0 Å². The zero-order chi connectivity index (χ0) is 10.7. The SMILES string of the molecule is CCC1=C/C=C\C(C)=C(\C)C(C)=C1C. The standard InChI is InChI=1S/C14H20/c1-6-14-9-7-8-10(2)11(3)12(4)13(14)5/h7-9H,6H2,1-5H3/b8-7-,9-7?,10-8?,11-10-,12-11?,13-12?,14-9?,14-13?. The largest absolute Gasteiger partial charge is 0.0617 e. The van der Waals surface area contributed by atoms with Gasteiger partial charge in [-0.05, 0) is 62.0 Å². The van der Waals surface area contributed by atoms with Crippen LogP contribution < -0.4 is 0 Å². The Kier molecular flexibility index (Phi) is 3.51. The molecule has 0 spiro atoms. The maximum absolute atomic E-state index is 2.23. The molecule has 1 rings (SSSR count). The third kappa shape index (κ3) is 2.06. The van der Waals surface area contributed by atoms with Crippen LogP contribution in [0, 0.1) is 0 Å². The molecule has 0 aliphatic heterocycles. The van der Waals surface area contributed by atoms with Gasteiger partial charge in [-0.2, -0.15) is 0 Å². The molecule has 0 amide bonds. The van der Waals surface area contributed by atoms with E-state index in [-0.39, 0.29) is 0 Å². The van der Waals surface area contributed by atoms with E-state index in [1.807, 2.05) is 0 Å². The van der Waals surface area contributed by atoms with Crippen LogP contribution in [0.4, 0.5) is 0 Å². The van der Waals surface area contributed by atoms with Crippen LogP contribution in [0.2, 0.25) is 0 Å². The Balaban J connectivity index is 3.28. The fourth-order valence-electron chi connectivity index (χ4n) is 1.76. The summed E-state index contributed by atoms with van der Waals surface area (Å²) >= 11 is 0. The van der Waals surface area contributed by atoms with E-state index >= 15 is 0 Å². The molecule has 0 bridgehead atoms. The summed E-state index contributed by atoms with van der Waals surface area (Å²) in [4.78, 5) is 0. The van der Waals surface area contributed by atoms with Gasteiger partial charge in [0.05, 0.1) is 0 Å². The van der Waals surface area contributed by atoms with Crippen molar-refractivity contribution in [3.05, 3.63) is 46.1 Å². The lowest BCUT2D eigenvalue weighted by Crippen LogP contribution is -1.94. The highest BCUT2D eigenvalue weighted by molar-refractivity contribution is 5.48. The second kappa shape index (κ2) is 4.45. The van der Waals surface area contributed by atoms with Gasteiger partial charge < -0.3 is 0 Å². The second-order valence-electron chi connectivity index (χ2n) is 3.96. The molecular weight excluding hydrogens is 168 g/mol. The summed E-state index contributed by atoms with van der Waals surface area (Å²) in [6, 6.07) is 0. The van der Waals surface area contributed by atoms with Crippen LogP contribution in [0.1, 0.15) is 41.0 Å². The second-order valence-corrected chi connectivity index (χ2v) is 3.96. The monoisotopic (exact) mass is 188 g/mol. The summed E-state index contributed by atoms with van der Waals surface area (Å²) in [6.07, 6.45) is 7.70. The lowest BCUT2D eigenvalue weighted by molar-refractivity contribution is 1.07. The molecule has 76 valence electrons. The topological polar surface area (TPSA) is 0 Å². The van der Waals surface area contributed by atoms with E-state index in [1.165, 1.54) is 27.9 Å². The van der Waals surface area contributed by atoms with Gasteiger partial charge in [0, 0.05) is 0 Å². The molecule has 0 N–H and O–H groups in total. The smallest absolute Gasteiger partial charge is 0.0305 e. The molecule has 0 saturated heterocycles. The molecule has 0 radical (unpaired) electrons. The van der Waals surface area contributed by atoms with Gasteiger partial charge in [-0.25, -0.2) is 0 Å². The molecule has 0 unspecified atom stereocenters. The summed E-state index contributed by atoms with van der Waals surface area (Å²) in [6.45, 7) is 11.0. The molecule has 1 aliphatic rings. The highest BCUT2D eigenvalue weighted by atomic mass is 14.1. The molecule has 1 aliphatic carbocycles. The molecule has 0 nitrogen and oxygen atoms in total. The molecule has 0 atom stereocenters. The zero-order valence-corrected chi connectivity index (χ0v) is 9.94. The van der Waals surface area contributed by atoms with Gasteiger partial charge in [0.2, 0.25) is 0 Å². The summed E-state index contributed by atoms with van der Waals surface area (Å²) < 4.78 is 0. The Morgan fingerprint density at radius 1 is 0.929 bits per heavy atom. The van der Waals surface area contributed by atoms with Crippen LogP contribution in [0.15, 0.2) is 46.1 Å². The summed E-state index contributed by atoms with van der Waals surface area (Å²) in [7, 11) is 0. The lowest BCUT2D eigenvalue weighted by atomic mass is 9.92. The average Bonchev–Trinajstić information content (AvgIpc) is 2.20. The molecule has 14 heavy (non-hydrogen) atoms. The van der Waals surface area contributed by atoms with Crippen molar-refractivity contribution >= 4 is 0 Å². The highest BCUT2D eigenvalue weighted by Gasteiger charge is 2.06. The minimum absolute atomic E-state index is 1.11. The van der Waals surface area contributed by atoms with Crippen molar-refractivity contribution in [1.82, 2.24) is 0 Å². The number of allylic oxidation sites excluding steroid dienone is 8. The maximum Gasteiger partial charge on any atom is -0.0305 e. The predicted molar refractivity (Wildman–Crippen MR) is 64.3 cm³/mol. The van der Waals surface area contributed by atoms with E-state index in [9.17, 15) is 0 Å². The minimum atomic E-state index is 1.11. The molecular formula is C14H20. The van der Waals surface area contributed by atoms with Crippen molar-refractivity contribution in [1.29, 1.82) is 0 Å². The van der Waals surface area contributed by atoms with Crippen LogP contribution in [0.3, 0.4) is 0 Å². The first-order valence-corrected chi connectivity index (χ1v) is 5.30. The molecule has 0 aromatic carbocycles. The van der Waals surface area contributed by atoms with E-state index in [0.29, 0.717) is 0 Å². The van der Waals surface area contributed by atoms with Crippen molar-refractivity contribution in [3.63, 3.8) is 0 Å². The number of hydrogen-bond donors (Lipinski definition) is 0. The quantitative estimate of drug-likeness (QED) is 0.565. The van der Waals surface area contributed by atoms with Crippen molar-refractivity contribution in [2.24, 2.45) is 0 Å². The van der Waals surface area contributed by atoms with Gasteiger partial charge in [-0.15, -0.1) is 0 Å². The minimum Gasteiger partial charge on any atom is -0.0617 e. The summed E-state index contributed by atoms with van der Waals surface area (Å²) in [5, 5.41) is 0. The fraction of sp³-hybridized carbons (Fsp3) is 0.429. The van der Waals surface area contributed by atoms with E-state index in [4.69, 9.17) is 0 Å². The van der Waals surface area contributed by atoms with Crippen LogP contribution in [-0.4, -0.2) is 0 Å². The van der Waals surface area contributed by atoms with Crippen molar-refractivity contribution in [2.45, 2.75) is 41.0 Å². The molecule has 0 heterocycles. The normalized spacial score (nSPS) is 25.6. The Labute approximate surface area is 87.7 Å². The lowest BCUT2D eigenvalue weighted by Gasteiger charge is -2.14. The van der Waals surface area contributed by atoms with Gasteiger partial charge in [-0.1, -0.05) is 25.2 Å². The molecule has 0 aromatic heterocycles. The van der Waals surface area contributed by atoms with Gasteiger partial charge >= 0.3 is 0 Å². The molecule has 0 saturated carbocycles. The maximum atomic E-state index is 2.23. The Morgan fingerprint density at radius 3 is 2.14 bits per heavy atom. The number of rotatable bonds is 1. The summed E-state index contributed by atoms with van der Waals surface area (Å²) in [5.41, 5.74) is 7.10. The van der Waals surface area contributed by atoms with Crippen molar-refractivity contribution in [3.8, 4) is 0 Å².